The Balaban J connectivity index is 1.76. The van der Waals surface area contributed by atoms with Crippen molar-refractivity contribution in [1.29, 1.82) is 0 Å². The van der Waals surface area contributed by atoms with E-state index in [0.29, 0.717) is 12.5 Å². The largest absolute Gasteiger partial charge is 0.449 e. The van der Waals surface area contributed by atoms with Crippen LogP contribution >= 0.6 is 0 Å². The number of unbranched alkanes of at least 4 members (excludes halogenated alkanes) is 1. The van der Waals surface area contributed by atoms with Crippen LogP contribution in [0.4, 0.5) is 4.79 Å². The van der Waals surface area contributed by atoms with E-state index >= 15 is 0 Å². The second-order valence-corrected chi connectivity index (χ2v) is 4.26. The SMILES string of the molecule is CCCCOC(=O)N1CC2CC1C2N. The van der Waals surface area contributed by atoms with Crippen molar-refractivity contribution in [2.75, 3.05) is 13.2 Å². The third-order valence-electron chi connectivity index (χ3n) is 3.32. The molecule has 3 aliphatic rings. The molecule has 0 aromatic rings. The summed E-state index contributed by atoms with van der Waals surface area (Å²) in [5.41, 5.74) is 5.86. The van der Waals surface area contributed by atoms with Crippen LogP contribution in [-0.4, -0.2) is 36.2 Å². The summed E-state index contributed by atoms with van der Waals surface area (Å²) >= 11 is 0. The zero-order chi connectivity index (χ0) is 10.1. The van der Waals surface area contributed by atoms with Crippen LogP contribution in [0.15, 0.2) is 0 Å². The molecule has 80 valence electrons. The number of rotatable bonds is 3. The molecule has 4 nitrogen and oxygen atoms in total. The highest BCUT2D eigenvalue weighted by Crippen LogP contribution is 2.39. The van der Waals surface area contributed by atoms with Gasteiger partial charge in [0, 0.05) is 12.6 Å². The van der Waals surface area contributed by atoms with Gasteiger partial charge in [0.05, 0.1) is 12.6 Å². The smallest absolute Gasteiger partial charge is 0.410 e. The molecule has 1 saturated carbocycles. The lowest BCUT2D eigenvalue weighted by Gasteiger charge is -2.32. The maximum Gasteiger partial charge on any atom is 0.410 e. The molecule has 1 aliphatic carbocycles. The molecule has 1 amide bonds. The van der Waals surface area contributed by atoms with Gasteiger partial charge in [-0.15, -0.1) is 0 Å². The lowest BCUT2D eigenvalue weighted by Crippen LogP contribution is -2.50. The molecule has 3 atom stereocenters. The van der Waals surface area contributed by atoms with Crippen molar-refractivity contribution in [3.05, 3.63) is 0 Å². The van der Waals surface area contributed by atoms with Gasteiger partial charge < -0.3 is 15.4 Å². The molecule has 0 aromatic carbocycles. The Morgan fingerprint density at radius 3 is 2.93 bits per heavy atom. The van der Waals surface area contributed by atoms with Gasteiger partial charge in [0.15, 0.2) is 0 Å². The van der Waals surface area contributed by atoms with Gasteiger partial charge in [-0.3, -0.25) is 0 Å². The number of amides is 1. The minimum Gasteiger partial charge on any atom is -0.449 e. The lowest BCUT2D eigenvalue weighted by molar-refractivity contribution is 0.0966. The molecule has 2 heterocycles. The zero-order valence-electron chi connectivity index (χ0n) is 8.61. The van der Waals surface area contributed by atoms with E-state index in [1.807, 2.05) is 0 Å². The molecule has 2 bridgehead atoms. The molecule has 0 aromatic heterocycles. The van der Waals surface area contributed by atoms with E-state index in [-0.39, 0.29) is 18.2 Å². The topological polar surface area (TPSA) is 55.6 Å². The van der Waals surface area contributed by atoms with E-state index in [1.165, 1.54) is 0 Å². The Morgan fingerprint density at radius 1 is 1.64 bits per heavy atom. The number of nitrogens with zero attached hydrogens (tertiary/aromatic N) is 1. The maximum atomic E-state index is 11.6. The Labute approximate surface area is 84.4 Å². The molecule has 2 N–H and O–H groups in total. The van der Waals surface area contributed by atoms with Crippen LogP contribution in [0.1, 0.15) is 26.2 Å². The monoisotopic (exact) mass is 198 g/mol. The lowest BCUT2D eigenvalue weighted by atomic mass is 9.81. The van der Waals surface area contributed by atoms with Gasteiger partial charge in [0.2, 0.25) is 0 Å². The Hall–Kier alpha value is -0.770. The highest BCUT2D eigenvalue weighted by molar-refractivity contribution is 5.69. The van der Waals surface area contributed by atoms with Crippen molar-refractivity contribution in [1.82, 2.24) is 4.90 Å². The Kier molecular flexibility index (Phi) is 2.63. The van der Waals surface area contributed by atoms with Gasteiger partial charge in [-0.25, -0.2) is 4.79 Å². The first-order chi connectivity index (χ1) is 6.74. The normalized spacial score (nSPS) is 34.1. The molecular formula is C10H18N2O2. The highest BCUT2D eigenvalue weighted by Gasteiger charge is 2.52. The van der Waals surface area contributed by atoms with E-state index in [9.17, 15) is 4.79 Å². The van der Waals surface area contributed by atoms with Crippen LogP contribution in [0.3, 0.4) is 0 Å². The summed E-state index contributed by atoms with van der Waals surface area (Å²) in [6.45, 7) is 3.42. The van der Waals surface area contributed by atoms with Crippen molar-refractivity contribution in [3.8, 4) is 0 Å². The number of hydrogen-bond donors (Lipinski definition) is 1. The van der Waals surface area contributed by atoms with E-state index in [2.05, 4.69) is 6.92 Å². The molecule has 0 spiro atoms. The van der Waals surface area contributed by atoms with E-state index in [0.717, 1.165) is 25.8 Å². The predicted molar refractivity (Wildman–Crippen MR) is 52.8 cm³/mol. The summed E-state index contributed by atoms with van der Waals surface area (Å²) in [5.74, 6) is 0.527. The van der Waals surface area contributed by atoms with Gasteiger partial charge in [-0.1, -0.05) is 13.3 Å². The van der Waals surface area contributed by atoms with Crippen molar-refractivity contribution in [2.24, 2.45) is 11.7 Å². The fourth-order valence-electron chi connectivity index (χ4n) is 2.26. The van der Waals surface area contributed by atoms with E-state index in [4.69, 9.17) is 10.5 Å². The minimum atomic E-state index is -0.168. The van der Waals surface area contributed by atoms with Crippen molar-refractivity contribution >= 4 is 6.09 Å². The van der Waals surface area contributed by atoms with E-state index in [1.54, 1.807) is 4.90 Å². The standard InChI is InChI=1S/C10H18N2O2/c1-2-3-4-14-10(13)12-6-7-5-8(12)9(7)11/h7-9H,2-6,11H2,1H3. The Morgan fingerprint density at radius 2 is 2.43 bits per heavy atom. The summed E-state index contributed by atoms with van der Waals surface area (Å²) in [7, 11) is 0. The third-order valence-corrected chi connectivity index (χ3v) is 3.32. The highest BCUT2D eigenvalue weighted by atomic mass is 16.6. The number of ether oxygens (including phenoxy) is 1. The maximum absolute atomic E-state index is 11.6. The van der Waals surface area contributed by atoms with Crippen LogP contribution in [0.25, 0.3) is 0 Å². The summed E-state index contributed by atoms with van der Waals surface area (Å²) < 4.78 is 5.14. The van der Waals surface area contributed by atoms with Crippen LogP contribution in [0.5, 0.6) is 0 Å². The van der Waals surface area contributed by atoms with Gasteiger partial charge in [-0.2, -0.15) is 0 Å². The molecule has 3 fully saturated rings. The quantitative estimate of drug-likeness (QED) is 0.687. The number of carbonyl (C=O) groups is 1. The Bertz CT molecular complexity index is 232. The van der Waals surface area contributed by atoms with E-state index < -0.39 is 0 Å². The predicted octanol–water partition coefficient (Wildman–Crippen LogP) is 0.954. The molecule has 0 radical (unpaired) electrons. The van der Waals surface area contributed by atoms with Gasteiger partial charge in [0.25, 0.3) is 0 Å². The molecule has 3 unspecified atom stereocenters. The van der Waals surface area contributed by atoms with Crippen LogP contribution < -0.4 is 5.73 Å². The van der Waals surface area contributed by atoms with Crippen LogP contribution in [-0.2, 0) is 4.74 Å². The first-order valence-corrected chi connectivity index (χ1v) is 5.43. The average molecular weight is 198 g/mol. The number of fused-ring (bicyclic) bond motifs is 1. The molecule has 14 heavy (non-hydrogen) atoms. The zero-order valence-corrected chi connectivity index (χ0v) is 8.61. The second-order valence-electron chi connectivity index (χ2n) is 4.26. The first-order valence-electron chi connectivity index (χ1n) is 5.43. The number of nitrogens with two attached hydrogens (primary N) is 1. The number of carbonyl (C=O) groups excluding carboxylic acids is 1. The van der Waals surface area contributed by atoms with Crippen molar-refractivity contribution in [3.63, 3.8) is 0 Å². The molecule has 2 saturated heterocycles. The van der Waals surface area contributed by atoms with Gasteiger partial charge in [0.1, 0.15) is 0 Å². The van der Waals surface area contributed by atoms with Crippen molar-refractivity contribution in [2.45, 2.75) is 38.3 Å². The van der Waals surface area contributed by atoms with Crippen LogP contribution in [0, 0.1) is 5.92 Å². The minimum absolute atomic E-state index is 0.168. The average Bonchev–Trinajstić information content (AvgIpc) is 2.74. The fraction of sp³-hybridized carbons (Fsp3) is 0.900. The summed E-state index contributed by atoms with van der Waals surface area (Å²) in [6, 6.07) is 0.461. The number of hydrogen-bond acceptors (Lipinski definition) is 3. The fourth-order valence-corrected chi connectivity index (χ4v) is 2.26. The van der Waals surface area contributed by atoms with Crippen LogP contribution in [0.2, 0.25) is 0 Å². The molecule has 4 heteroatoms. The third kappa shape index (κ3) is 1.47. The molecule has 3 rings (SSSR count). The first kappa shape index (κ1) is 9.77. The summed E-state index contributed by atoms with van der Waals surface area (Å²) in [6.07, 6.45) is 2.90. The van der Waals surface area contributed by atoms with Gasteiger partial charge >= 0.3 is 6.09 Å². The summed E-state index contributed by atoms with van der Waals surface area (Å²) in [4.78, 5) is 13.3. The van der Waals surface area contributed by atoms with Gasteiger partial charge in [-0.05, 0) is 18.8 Å². The van der Waals surface area contributed by atoms with Crippen molar-refractivity contribution < 1.29 is 9.53 Å². The second kappa shape index (κ2) is 3.77. The molecular weight excluding hydrogens is 180 g/mol. The molecule has 2 aliphatic heterocycles. The summed E-state index contributed by atoms with van der Waals surface area (Å²) in [5, 5.41) is 0.